The summed E-state index contributed by atoms with van der Waals surface area (Å²) in [5, 5.41) is 3.40. The molecule has 2 heteroatoms. The molecule has 0 saturated carbocycles. The van der Waals surface area contributed by atoms with Crippen LogP contribution < -0.4 is 5.32 Å². The van der Waals surface area contributed by atoms with E-state index in [0.29, 0.717) is 0 Å². The average Bonchev–Trinajstić information content (AvgIpc) is 2.03. The van der Waals surface area contributed by atoms with Gasteiger partial charge in [-0.25, -0.2) is 0 Å². The molecule has 0 heterocycles. The first kappa shape index (κ1) is 12.5. The van der Waals surface area contributed by atoms with Crippen molar-refractivity contribution in [2.75, 3.05) is 27.2 Å². The van der Waals surface area contributed by atoms with Gasteiger partial charge in [-0.3, -0.25) is 0 Å². The number of hydrogen-bond acceptors (Lipinski definition) is 2. The highest BCUT2D eigenvalue weighted by Gasteiger charge is 2.18. The summed E-state index contributed by atoms with van der Waals surface area (Å²) in [5.41, 5.74) is 0.218. The summed E-state index contributed by atoms with van der Waals surface area (Å²) in [6, 6.07) is 0. The zero-order chi connectivity index (χ0) is 10.3. The quantitative estimate of drug-likeness (QED) is 0.492. The predicted molar refractivity (Wildman–Crippen MR) is 58.7 cm³/mol. The summed E-state index contributed by atoms with van der Waals surface area (Å²) >= 11 is 0. The van der Waals surface area contributed by atoms with Gasteiger partial charge in [0, 0.05) is 18.5 Å². The van der Waals surface area contributed by atoms with E-state index in [1.165, 1.54) is 0 Å². The van der Waals surface area contributed by atoms with E-state index in [-0.39, 0.29) is 5.54 Å². The van der Waals surface area contributed by atoms with Crippen molar-refractivity contribution in [2.24, 2.45) is 0 Å². The van der Waals surface area contributed by atoms with Gasteiger partial charge in [0.25, 0.3) is 0 Å². The third-order valence-electron chi connectivity index (χ3n) is 2.44. The molecule has 0 aliphatic heterocycles. The van der Waals surface area contributed by atoms with Gasteiger partial charge in [-0.2, -0.15) is 0 Å². The van der Waals surface area contributed by atoms with Gasteiger partial charge in [0.15, 0.2) is 0 Å². The van der Waals surface area contributed by atoms with Crippen molar-refractivity contribution in [3.8, 4) is 12.3 Å². The molecule has 0 rings (SSSR count). The van der Waals surface area contributed by atoms with Crippen LogP contribution in [0.3, 0.4) is 0 Å². The smallest absolute Gasteiger partial charge is 0.0271 e. The molecular weight excluding hydrogens is 160 g/mol. The maximum atomic E-state index is 5.16. The number of likely N-dealkylation sites (N-methyl/N-ethyl adjacent to an activating group) is 1. The van der Waals surface area contributed by atoms with Gasteiger partial charge in [-0.1, -0.05) is 0 Å². The Labute approximate surface area is 82.7 Å². The van der Waals surface area contributed by atoms with Crippen molar-refractivity contribution in [1.82, 2.24) is 10.2 Å². The van der Waals surface area contributed by atoms with Gasteiger partial charge in [0.1, 0.15) is 0 Å². The third kappa shape index (κ3) is 5.68. The van der Waals surface area contributed by atoms with E-state index in [1.807, 2.05) is 0 Å². The molecule has 76 valence electrons. The summed E-state index contributed by atoms with van der Waals surface area (Å²) in [5.74, 6) is 2.64. The van der Waals surface area contributed by atoms with E-state index in [0.717, 1.165) is 25.9 Å². The molecule has 0 aromatic carbocycles. The molecule has 0 amide bonds. The van der Waals surface area contributed by atoms with Crippen molar-refractivity contribution in [1.29, 1.82) is 0 Å². The Hall–Kier alpha value is -0.520. The summed E-state index contributed by atoms with van der Waals surface area (Å²) in [6.45, 7) is 6.47. The van der Waals surface area contributed by atoms with E-state index in [9.17, 15) is 0 Å². The van der Waals surface area contributed by atoms with Crippen LogP contribution in [0.2, 0.25) is 0 Å². The van der Waals surface area contributed by atoms with Gasteiger partial charge in [0.2, 0.25) is 0 Å². The molecule has 0 aliphatic rings. The van der Waals surface area contributed by atoms with Crippen LogP contribution in [-0.2, 0) is 0 Å². The molecule has 0 bridgehead atoms. The number of hydrogen-bond donors (Lipinski definition) is 1. The van der Waals surface area contributed by atoms with Gasteiger partial charge < -0.3 is 10.2 Å². The Kier molecular flexibility index (Phi) is 5.77. The number of terminal acetylenes is 1. The van der Waals surface area contributed by atoms with Crippen LogP contribution >= 0.6 is 0 Å². The molecule has 0 saturated heterocycles. The molecule has 2 nitrogen and oxygen atoms in total. The number of nitrogens with zero attached hydrogens (tertiary/aromatic N) is 1. The maximum absolute atomic E-state index is 5.16. The number of unbranched alkanes of at least 4 members (excludes halogenated alkanes) is 1. The highest BCUT2D eigenvalue weighted by molar-refractivity contribution is 4.84. The van der Waals surface area contributed by atoms with E-state index in [1.54, 1.807) is 0 Å². The van der Waals surface area contributed by atoms with Crippen LogP contribution in [0, 0.1) is 12.3 Å². The Morgan fingerprint density at radius 2 is 2.00 bits per heavy atom. The van der Waals surface area contributed by atoms with Crippen LogP contribution in [0.15, 0.2) is 0 Å². The lowest BCUT2D eigenvalue weighted by molar-refractivity contribution is 0.190. The highest BCUT2D eigenvalue weighted by atomic mass is 15.2. The minimum absolute atomic E-state index is 0.218. The van der Waals surface area contributed by atoms with Crippen LogP contribution in [0.25, 0.3) is 0 Å². The second kappa shape index (κ2) is 6.01. The first-order valence-electron chi connectivity index (χ1n) is 4.82. The molecule has 0 spiro atoms. The standard InChI is InChI=1S/C11H22N2/c1-6-7-8-9-12-10-11(2,3)13(4)5/h1,12H,7-10H2,2-5H3. The fourth-order valence-corrected chi connectivity index (χ4v) is 0.868. The summed E-state index contributed by atoms with van der Waals surface area (Å²) < 4.78 is 0. The lowest BCUT2D eigenvalue weighted by Crippen LogP contribution is -2.46. The molecule has 0 radical (unpaired) electrons. The molecule has 1 N–H and O–H groups in total. The molecule has 0 aromatic heterocycles. The van der Waals surface area contributed by atoms with Crippen molar-refractivity contribution >= 4 is 0 Å². The fraction of sp³-hybridized carbons (Fsp3) is 0.818. The van der Waals surface area contributed by atoms with Crippen molar-refractivity contribution in [3.63, 3.8) is 0 Å². The van der Waals surface area contributed by atoms with E-state index < -0.39 is 0 Å². The largest absolute Gasteiger partial charge is 0.315 e. The molecule has 0 unspecified atom stereocenters. The summed E-state index contributed by atoms with van der Waals surface area (Å²) in [7, 11) is 4.20. The second-order valence-corrected chi connectivity index (χ2v) is 4.19. The van der Waals surface area contributed by atoms with Crippen LogP contribution in [0.5, 0.6) is 0 Å². The zero-order valence-electron chi connectivity index (χ0n) is 9.35. The normalized spacial score (nSPS) is 11.7. The molecule has 0 aromatic rings. The molecule has 0 aliphatic carbocycles. The lowest BCUT2D eigenvalue weighted by atomic mass is 10.0. The summed E-state index contributed by atoms with van der Waals surface area (Å²) in [4.78, 5) is 2.22. The Morgan fingerprint density at radius 3 is 2.46 bits per heavy atom. The van der Waals surface area contributed by atoms with Crippen LogP contribution in [0.4, 0.5) is 0 Å². The lowest BCUT2D eigenvalue weighted by Gasteiger charge is -2.32. The van der Waals surface area contributed by atoms with Gasteiger partial charge in [0.05, 0.1) is 0 Å². The monoisotopic (exact) mass is 182 g/mol. The average molecular weight is 182 g/mol. The first-order valence-corrected chi connectivity index (χ1v) is 4.82. The highest BCUT2D eigenvalue weighted by Crippen LogP contribution is 2.07. The Balaban J connectivity index is 3.48. The van der Waals surface area contributed by atoms with Gasteiger partial charge in [-0.05, 0) is 40.9 Å². The Morgan fingerprint density at radius 1 is 1.38 bits per heavy atom. The van der Waals surface area contributed by atoms with Gasteiger partial charge >= 0.3 is 0 Å². The zero-order valence-corrected chi connectivity index (χ0v) is 9.35. The van der Waals surface area contributed by atoms with Gasteiger partial charge in [-0.15, -0.1) is 12.3 Å². The molecular formula is C11H22N2. The van der Waals surface area contributed by atoms with Crippen molar-refractivity contribution in [3.05, 3.63) is 0 Å². The van der Waals surface area contributed by atoms with Crippen LogP contribution in [0.1, 0.15) is 26.7 Å². The molecule has 0 fully saturated rings. The topological polar surface area (TPSA) is 15.3 Å². The van der Waals surface area contributed by atoms with Crippen molar-refractivity contribution < 1.29 is 0 Å². The Bertz CT molecular complexity index is 165. The SMILES string of the molecule is C#CCCCNCC(C)(C)N(C)C. The first-order chi connectivity index (χ1) is 6.00. The fourth-order valence-electron chi connectivity index (χ4n) is 0.868. The second-order valence-electron chi connectivity index (χ2n) is 4.19. The van der Waals surface area contributed by atoms with E-state index >= 15 is 0 Å². The van der Waals surface area contributed by atoms with E-state index in [4.69, 9.17) is 6.42 Å². The van der Waals surface area contributed by atoms with Crippen LogP contribution in [-0.4, -0.2) is 37.6 Å². The minimum atomic E-state index is 0.218. The summed E-state index contributed by atoms with van der Waals surface area (Å²) in [6.07, 6.45) is 7.10. The molecule has 13 heavy (non-hydrogen) atoms. The third-order valence-corrected chi connectivity index (χ3v) is 2.44. The predicted octanol–water partition coefficient (Wildman–Crippen LogP) is 1.33. The van der Waals surface area contributed by atoms with E-state index in [2.05, 4.69) is 44.1 Å². The number of rotatable bonds is 6. The maximum Gasteiger partial charge on any atom is 0.0271 e. The van der Waals surface area contributed by atoms with Crippen molar-refractivity contribution in [2.45, 2.75) is 32.2 Å². The number of nitrogens with one attached hydrogen (secondary N) is 1. The minimum Gasteiger partial charge on any atom is -0.315 e. The molecule has 0 atom stereocenters.